The van der Waals surface area contributed by atoms with Crippen molar-refractivity contribution in [2.75, 3.05) is 39.6 Å². The molecule has 2 unspecified atom stereocenters. The van der Waals surface area contributed by atoms with E-state index in [0.29, 0.717) is 25.7 Å². The minimum absolute atomic E-state index is 0.108. The molecule has 0 aromatic rings. The maximum Gasteiger partial charge on any atom is 0.472 e. The number of hydrogen-bond acceptors (Lipinski definition) is 15. The molecular formula is C79H154O17P2. The van der Waals surface area contributed by atoms with Crippen LogP contribution in [0.15, 0.2) is 0 Å². The normalized spacial score (nSPS) is 13.9. The van der Waals surface area contributed by atoms with E-state index in [9.17, 15) is 43.2 Å². The predicted octanol–water partition coefficient (Wildman–Crippen LogP) is 23.6. The lowest BCUT2D eigenvalue weighted by atomic mass is 10.0. The van der Waals surface area contributed by atoms with Crippen molar-refractivity contribution in [2.45, 2.75) is 438 Å². The first kappa shape index (κ1) is 96.1. The zero-order chi connectivity index (χ0) is 71.9. The number of aliphatic hydroxyl groups is 1. The number of aliphatic hydroxyl groups excluding tert-OH is 1. The van der Waals surface area contributed by atoms with E-state index < -0.39 is 97.5 Å². The second-order valence-corrected chi connectivity index (χ2v) is 31.8. The molecule has 0 saturated carbocycles. The molecule has 582 valence electrons. The summed E-state index contributed by atoms with van der Waals surface area (Å²) in [6, 6.07) is 0. The van der Waals surface area contributed by atoms with Crippen LogP contribution in [0.5, 0.6) is 0 Å². The van der Waals surface area contributed by atoms with Gasteiger partial charge < -0.3 is 33.8 Å². The maximum atomic E-state index is 13.1. The monoisotopic (exact) mass is 1440 g/mol. The van der Waals surface area contributed by atoms with Crippen LogP contribution in [0, 0.1) is 5.92 Å². The number of rotatable bonds is 79. The number of unbranched alkanes of at least 4 members (excludes halogenated alkanes) is 51. The van der Waals surface area contributed by atoms with Crippen LogP contribution in [0.4, 0.5) is 0 Å². The lowest BCUT2D eigenvalue weighted by Gasteiger charge is -2.21. The summed E-state index contributed by atoms with van der Waals surface area (Å²) in [5, 5.41) is 10.6. The molecule has 0 spiro atoms. The van der Waals surface area contributed by atoms with Gasteiger partial charge in [0.2, 0.25) is 0 Å². The van der Waals surface area contributed by atoms with E-state index >= 15 is 0 Å². The highest BCUT2D eigenvalue weighted by molar-refractivity contribution is 7.47. The average molecular weight is 1440 g/mol. The van der Waals surface area contributed by atoms with Gasteiger partial charge in [-0.05, 0) is 31.6 Å². The van der Waals surface area contributed by atoms with Gasteiger partial charge in [0.25, 0.3) is 0 Å². The van der Waals surface area contributed by atoms with E-state index in [1.807, 2.05) is 0 Å². The first-order valence-corrected chi connectivity index (χ1v) is 44.1. The molecule has 0 rings (SSSR count). The summed E-state index contributed by atoms with van der Waals surface area (Å²) >= 11 is 0. The highest BCUT2D eigenvalue weighted by Gasteiger charge is 2.30. The number of phosphoric acid groups is 2. The van der Waals surface area contributed by atoms with Gasteiger partial charge in [-0.3, -0.25) is 37.3 Å². The lowest BCUT2D eigenvalue weighted by molar-refractivity contribution is -0.161. The van der Waals surface area contributed by atoms with Gasteiger partial charge in [0.15, 0.2) is 12.2 Å². The van der Waals surface area contributed by atoms with Gasteiger partial charge in [-0.25, -0.2) is 9.13 Å². The fraction of sp³-hybridized carbons (Fsp3) is 0.949. The predicted molar refractivity (Wildman–Crippen MR) is 400 cm³/mol. The summed E-state index contributed by atoms with van der Waals surface area (Å²) in [6.07, 6.45) is 62.9. The molecule has 0 amide bonds. The molecule has 0 aliphatic carbocycles. The van der Waals surface area contributed by atoms with Gasteiger partial charge in [-0.15, -0.1) is 0 Å². The fourth-order valence-electron chi connectivity index (χ4n) is 12.2. The Balaban J connectivity index is 5.12. The van der Waals surface area contributed by atoms with Crippen LogP contribution >= 0.6 is 15.6 Å². The van der Waals surface area contributed by atoms with Crippen molar-refractivity contribution in [2.24, 2.45) is 5.92 Å². The molecule has 17 nitrogen and oxygen atoms in total. The van der Waals surface area contributed by atoms with E-state index in [0.717, 1.165) is 102 Å². The number of phosphoric ester groups is 2. The molecule has 0 aliphatic heterocycles. The lowest BCUT2D eigenvalue weighted by Crippen LogP contribution is -2.30. The van der Waals surface area contributed by atoms with Crippen molar-refractivity contribution in [1.82, 2.24) is 0 Å². The number of ether oxygens (including phenoxy) is 4. The molecule has 0 aliphatic rings. The zero-order valence-electron chi connectivity index (χ0n) is 63.9. The second kappa shape index (κ2) is 72.0. The first-order chi connectivity index (χ1) is 47.5. The second-order valence-electron chi connectivity index (χ2n) is 28.9. The van der Waals surface area contributed by atoms with Gasteiger partial charge in [-0.2, -0.15) is 0 Å². The molecule has 0 bridgehead atoms. The number of hydrogen-bond donors (Lipinski definition) is 3. The van der Waals surface area contributed by atoms with E-state index in [-0.39, 0.29) is 25.7 Å². The standard InChI is InChI=1S/C79H154O17P2/c1-6-9-12-15-17-19-21-23-25-27-28-29-30-32-38-42-46-50-55-60-65-79(84)96-75(69-90-77(82)63-58-53-48-44-40-36-34-33-35-39-43-47-52-56-61-72(4)5)71-94-98(87,88)92-67-73(80)66-91-97(85,86)93-70-74(68-89-76(81)62-57-51-14-11-8-3)95-78(83)64-59-54-49-45-41-37-31-26-24-22-20-18-16-13-10-7-2/h72-75,80H,6-71H2,1-5H3,(H,85,86)(H,87,88)/t73-,74+,75+/m0/s1. The van der Waals surface area contributed by atoms with Crippen LogP contribution in [-0.4, -0.2) is 96.7 Å². The average Bonchev–Trinajstić information content (AvgIpc) is 0.973. The highest BCUT2D eigenvalue weighted by Crippen LogP contribution is 2.45. The van der Waals surface area contributed by atoms with Gasteiger partial charge in [-0.1, -0.05) is 369 Å². The summed E-state index contributed by atoms with van der Waals surface area (Å²) in [4.78, 5) is 72.7. The number of carbonyl (C=O) groups excluding carboxylic acids is 4. The van der Waals surface area contributed by atoms with Crippen LogP contribution in [0.3, 0.4) is 0 Å². The molecule has 0 aromatic carbocycles. The third-order valence-electron chi connectivity index (χ3n) is 18.5. The summed E-state index contributed by atoms with van der Waals surface area (Å²) in [6.45, 7) is 7.25. The number of esters is 4. The fourth-order valence-corrected chi connectivity index (χ4v) is 13.8. The highest BCUT2D eigenvalue weighted by atomic mass is 31.2. The molecule has 98 heavy (non-hydrogen) atoms. The third-order valence-corrected chi connectivity index (χ3v) is 20.4. The molecule has 0 heterocycles. The summed E-state index contributed by atoms with van der Waals surface area (Å²) in [7, 11) is -9.91. The molecule has 0 aromatic heterocycles. The molecular weight excluding hydrogens is 1280 g/mol. The molecule has 3 N–H and O–H groups in total. The summed E-state index contributed by atoms with van der Waals surface area (Å²) in [5.74, 6) is -1.32. The Hall–Kier alpha value is -1.94. The van der Waals surface area contributed by atoms with Gasteiger partial charge >= 0.3 is 39.5 Å². The number of carbonyl (C=O) groups is 4. The van der Waals surface area contributed by atoms with E-state index in [4.69, 9.17) is 37.0 Å². The SMILES string of the molecule is CCCCCCCCCCCCCCCCCCCCCCC(=O)O[C@H](COC(=O)CCCCCCCCCCCCCCCCC(C)C)COP(=O)(O)OC[C@@H](O)COP(=O)(O)OC[C@@H](COC(=O)CCCCCCC)OC(=O)CCCCCCCCCCCCCCCCCC. The topological polar surface area (TPSA) is 237 Å². The smallest absolute Gasteiger partial charge is 0.462 e. The maximum absolute atomic E-state index is 13.1. The minimum atomic E-state index is -4.96. The molecule has 0 saturated heterocycles. The molecule has 19 heteroatoms. The first-order valence-electron chi connectivity index (χ1n) is 41.1. The Bertz CT molecular complexity index is 1870. The van der Waals surface area contributed by atoms with Crippen LogP contribution < -0.4 is 0 Å². The summed E-state index contributed by atoms with van der Waals surface area (Å²) < 4.78 is 68.4. The van der Waals surface area contributed by atoms with Gasteiger partial charge in [0.05, 0.1) is 26.4 Å². The Labute approximate surface area is 600 Å². The summed E-state index contributed by atoms with van der Waals surface area (Å²) in [5.41, 5.74) is 0. The van der Waals surface area contributed by atoms with E-state index in [2.05, 4.69) is 34.6 Å². The largest absolute Gasteiger partial charge is 0.472 e. The van der Waals surface area contributed by atoms with Crippen molar-refractivity contribution >= 4 is 39.5 Å². The molecule has 0 radical (unpaired) electrons. The molecule has 5 atom stereocenters. The van der Waals surface area contributed by atoms with Crippen LogP contribution in [0.25, 0.3) is 0 Å². The van der Waals surface area contributed by atoms with E-state index in [1.54, 1.807) is 0 Å². The van der Waals surface area contributed by atoms with Crippen molar-refractivity contribution < 1.29 is 80.2 Å². The van der Waals surface area contributed by atoms with Crippen LogP contribution in [0.2, 0.25) is 0 Å². The third kappa shape index (κ3) is 72.4. The Morgan fingerprint density at radius 2 is 0.469 bits per heavy atom. The van der Waals surface area contributed by atoms with Crippen LogP contribution in [-0.2, 0) is 65.4 Å². The van der Waals surface area contributed by atoms with E-state index in [1.165, 1.54) is 238 Å². The van der Waals surface area contributed by atoms with Gasteiger partial charge in [0.1, 0.15) is 19.3 Å². The van der Waals surface area contributed by atoms with Crippen molar-refractivity contribution in [1.29, 1.82) is 0 Å². The Morgan fingerprint density at radius 1 is 0.276 bits per heavy atom. The van der Waals surface area contributed by atoms with Crippen molar-refractivity contribution in [3.8, 4) is 0 Å². The van der Waals surface area contributed by atoms with Gasteiger partial charge in [0, 0.05) is 25.7 Å². The van der Waals surface area contributed by atoms with Crippen molar-refractivity contribution in [3.63, 3.8) is 0 Å². The van der Waals surface area contributed by atoms with Crippen LogP contribution in [0.1, 0.15) is 420 Å². The quantitative estimate of drug-likeness (QED) is 0.0222. The minimum Gasteiger partial charge on any atom is -0.462 e. The zero-order valence-corrected chi connectivity index (χ0v) is 65.7. The Kier molecular flexibility index (Phi) is 70.6. The van der Waals surface area contributed by atoms with Crippen molar-refractivity contribution in [3.05, 3.63) is 0 Å². The molecule has 0 fully saturated rings. The Morgan fingerprint density at radius 3 is 0.694 bits per heavy atom.